The van der Waals surface area contributed by atoms with E-state index in [0.29, 0.717) is 18.6 Å². The second kappa shape index (κ2) is 7.01. The van der Waals surface area contributed by atoms with Gasteiger partial charge in [-0.3, -0.25) is 0 Å². The third-order valence-corrected chi connectivity index (χ3v) is 2.68. The Morgan fingerprint density at radius 2 is 2.11 bits per heavy atom. The monoisotopic (exact) mass is 251 g/mol. The molecule has 0 spiro atoms. The molecule has 0 amide bonds. The van der Waals surface area contributed by atoms with Gasteiger partial charge in [-0.15, -0.1) is 0 Å². The maximum atomic E-state index is 11.7. The zero-order valence-corrected chi connectivity index (χ0v) is 11.3. The van der Waals surface area contributed by atoms with Crippen molar-refractivity contribution in [2.75, 3.05) is 32.2 Å². The first-order valence-electron chi connectivity index (χ1n) is 6.18. The summed E-state index contributed by atoms with van der Waals surface area (Å²) < 4.78 is 4.99. The Morgan fingerprint density at radius 1 is 1.39 bits per heavy atom. The van der Waals surface area contributed by atoms with Crippen LogP contribution in [0.1, 0.15) is 29.3 Å². The summed E-state index contributed by atoms with van der Waals surface area (Å²) in [6.07, 6.45) is 1.43. The Hall–Kier alpha value is -1.55. The van der Waals surface area contributed by atoms with Crippen molar-refractivity contribution in [2.45, 2.75) is 19.8 Å². The number of rotatable bonds is 6. The molecule has 4 nitrogen and oxygen atoms in total. The Kier molecular flexibility index (Phi) is 5.65. The van der Waals surface area contributed by atoms with Gasteiger partial charge in [0.15, 0.2) is 0 Å². The molecule has 0 aromatic heterocycles. The van der Waals surface area contributed by atoms with E-state index >= 15 is 0 Å². The van der Waals surface area contributed by atoms with Crippen LogP contribution in [0.4, 0.5) is 5.69 Å². The maximum Gasteiger partial charge on any atom is 0.338 e. The van der Waals surface area contributed by atoms with Crippen molar-refractivity contribution in [3.8, 4) is 0 Å². The number of carbonyl (C=O) groups is 1. The molecule has 4 heteroatoms. The van der Waals surface area contributed by atoms with Gasteiger partial charge in [0.2, 0.25) is 0 Å². The van der Waals surface area contributed by atoms with Crippen LogP contribution in [-0.4, -0.2) is 38.4 Å². The van der Waals surface area contributed by atoms with Crippen molar-refractivity contribution in [1.82, 2.24) is 0 Å². The summed E-state index contributed by atoms with van der Waals surface area (Å²) in [5.41, 5.74) is 2.69. The topological polar surface area (TPSA) is 49.8 Å². The summed E-state index contributed by atoms with van der Waals surface area (Å²) in [5.74, 6) is -0.298. The number of benzene rings is 1. The lowest BCUT2D eigenvalue weighted by molar-refractivity contribution is 0.0526. The fourth-order valence-corrected chi connectivity index (χ4v) is 1.83. The molecule has 0 saturated carbocycles. The minimum Gasteiger partial charge on any atom is -0.462 e. The molecule has 0 fully saturated rings. The van der Waals surface area contributed by atoms with Crippen LogP contribution in [-0.2, 0) is 11.2 Å². The first kappa shape index (κ1) is 14.5. The lowest BCUT2D eigenvalue weighted by atomic mass is 10.0. The van der Waals surface area contributed by atoms with Crippen LogP contribution in [0, 0.1) is 0 Å². The highest BCUT2D eigenvalue weighted by atomic mass is 16.5. The van der Waals surface area contributed by atoms with E-state index in [1.165, 1.54) is 0 Å². The minimum atomic E-state index is -0.298. The number of anilines is 1. The Labute approximate surface area is 108 Å². The average molecular weight is 251 g/mol. The van der Waals surface area contributed by atoms with Crippen molar-refractivity contribution >= 4 is 11.7 Å². The number of aliphatic hydroxyl groups excluding tert-OH is 1. The van der Waals surface area contributed by atoms with Crippen molar-refractivity contribution in [3.63, 3.8) is 0 Å². The highest BCUT2D eigenvalue weighted by Crippen LogP contribution is 2.22. The molecule has 100 valence electrons. The molecule has 0 atom stereocenters. The normalized spacial score (nSPS) is 10.2. The summed E-state index contributed by atoms with van der Waals surface area (Å²) in [7, 11) is 3.92. The molecule has 1 N–H and O–H groups in total. The molecule has 1 aromatic carbocycles. The van der Waals surface area contributed by atoms with Crippen LogP contribution in [0.5, 0.6) is 0 Å². The fraction of sp³-hybridized carbons (Fsp3) is 0.500. The molecule has 0 aliphatic heterocycles. The van der Waals surface area contributed by atoms with E-state index in [0.717, 1.165) is 17.7 Å². The number of carbonyl (C=O) groups excluding carboxylic acids is 1. The number of esters is 1. The van der Waals surface area contributed by atoms with Crippen LogP contribution < -0.4 is 4.90 Å². The molecular weight excluding hydrogens is 230 g/mol. The van der Waals surface area contributed by atoms with E-state index in [1.807, 2.05) is 31.1 Å². The van der Waals surface area contributed by atoms with Gasteiger partial charge in [-0.05, 0) is 43.5 Å². The molecular formula is C14H21NO3. The maximum absolute atomic E-state index is 11.7. The van der Waals surface area contributed by atoms with Gasteiger partial charge in [-0.2, -0.15) is 0 Å². The first-order valence-corrected chi connectivity index (χ1v) is 6.18. The van der Waals surface area contributed by atoms with Crippen LogP contribution in [0.25, 0.3) is 0 Å². The van der Waals surface area contributed by atoms with Gasteiger partial charge in [0.25, 0.3) is 0 Å². The summed E-state index contributed by atoms with van der Waals surface area (Å²) >= 11 is 0. The molecule has 1 aromatic rings. The number of aryl methyl sites for hydroxylation is 1. The number of hydrogen-bond acceptors (Lipinski definition) is 4. The molecule has 0 unspecified atom stereocenters. The standard InChI is InChI=1S/C14H21NO3/c1-4-18-14(17)12-7-8-13(15(2)3)11(10-12)6-5-9-16/h7-8,10,16H,4-6,9H2,1-3H3. The molecule has 0 heterocycles. The van der Waals surface area contributed by atoms with E-state index in [-0.39, 0.29) is 12.6 Å². The van der Waals surface area contributed by atoms with Crippen LogP contribution in [0.15, 0.2) is 18.2 Å². The number of ether oxygens (including phenoxy) is 1. The lowest BCUT2D eigenvalue weighted by Gasteiger charge is -2.18. The molecule has 0 radical (unpaired) electrons. The number of hydrogen-bond donors (Lipinski definition) is 1. The summed E-state index contributed by atoms with van der Waals surface area (Å²) in [6, 6.07) is 5.54. The SMILES string of the molecule is CCOC(=O)c1ccc(N(C)C)c(CCCO)c1. The number of nitrogens with zero attached hydrogens (tertiary/aromatic N) is 1. The van der Waals surface area contributed by atoms with Crippen molar-refractivity contribution in [3.05, 3.63) is 29.3 Å². The van der Waals surface area contributed by atoms with Gasteiger partial charge in [-0.1, -0.05) is 0 Å². The van der Waals surface area contributed by atoms with Crippen LogP contribution in [0.2, 0.25) is 0 Å². The van der Waals surface area contributed by atoms with Crippen molar-refractivity contribution in [2.24, 2.45) is 0 Å². The van der Waals surface area contributed by atoms with E-state index in [9.17, 15) is 4.79 Å². The molecule has 18 heavy (non-hydrogen) atoms. The van der Waals surface area contributed by atoms with Crippen molar-refractivity contribution < 1.29 is 14.6 Å². The predicted molar refractivity (Wildman–Crippen MR) is 72.1 cm³/mol. The van der Waals surface area contributed by atoms with E-state index in [1.54, 1.807) is 13.0 Å². The summed E-state index contributed by atoms with van der Waals surface area (Å²) in [6.45, 7) is 2.31. The van der Waals surface area contributed by atoms with E-state index < -0.39 is 0 Å². The Balaban J connectivity index is 3.00. The smallest absolute Gasteiger partial charge is 0.338 e. The average Bonchev–Trinajstić information content (AvgIpc) is 2.36. The lowest BCUT2D eigenvalue weighted by Crippen LogP contribution is -2.13. The zero-order chi connectivity index (χ0) is 13.5. The van der Waals surface area contributed by atoms with Crippen LogP contribution in [0.3, 0.4) is 0 Å². The fourth-order valence-electron chi connectivity index (χ4n) is 1.83. The second-order valence-corrected chi connectivity index (χ2v) is 4.29. The number of aliphatic hydroxyl groups is 1. The Morgan fingerprint density at radius 3 is 2.67 bits per heavy atom. The van der Waals surface area contributed by atoms with Gasteiger partial charge in [0.05, 0.1) is 12.2 Å². The van der Waals surface area contributed by atoms with Gasteiger partial charge in [0, 0.05) is 26.4 Å². The largest absolute Gasteiger partial charge is 0.462 e. The van der Waals surface area contributed by atoms with Gasteiger partial charge in [0.1, 0.15) is 0 Å². The van der Waals surface area contributed by atoms with Crippen LogP contribution >= 0.6 is 0 Å². The summed E-state index contributed by atoms with van der Waals surface area (Å²) in [4.78, 5) is 13.7. The minimum absolute atomic E-state index is 0.149. The third kappa shape index (κ3) is 3.74. The Bertz CT molecular complexity index is 402. The highest BCUT2D eigenvalue weighted by molar-refractivity contribution is 5.90. The predicted octanol–water partition coefficient (Wildman–Crippen LogP) is 1.85. The van der Waals surface area contributed by atoms with Gasteiger partial charge >= 0.3 is 5.97 Å². The van der Waals surface area contributed by atoms with Crippen molar-refractivity contribution in [1.29, 1.82) is 0 Å². The van der Waals surface area contributed by atoms with Gasteiger partial charge < -0.3 is 14.7 Å². The molecule has 1 rings (SSSR count). The van der Waals surface area contributed by atoms with E-state index in [2.05, 4.69) is 0 Å². The first-order chi connectivity index (χ1) is 8.60. The highest BCUT2D eigenvalue weighted by Gasteiger charge is 2.11. The van der Waals surface area contributed by atoms with E-state index in [4.69, 9.17) is 9.84 Å². The quantitative estimate of drug-likeness (QED) is 0.784. The van der Waals surface area contributed by atoms with Gasteiger partial charge in [-0.25, -0.2) is 4.79 Å². The second-order valence-electron chi connectivity index (χ2n) is 4.29. The molecule has 0 bridgehead atoms. The molecule has 0 saturated heterocycles. The third-order valence-electron chi connectivity index (χ3n) is 2.68. The molecule has 0 aliphatic rings. The zero-order valence-electron chi connectivity index (χ0n) is 11.3. The molecule has 0 aliphatic carbocycles. The summed E-state index contributed by atoms with van der Waals surface area (Å²) in [5, 5.41) is 8.91.